The Labute approximate surface area is 136 Å². The number of para-hydroxylation sites is 1. The summed E-state index contributed by atoms with van der Waals surface area (Å²) in [5.74, 6) is 0. The molecule has 6 nitrogen and oxygen atoms in total. The van der Waals surface area contributed by atoms with E-state index in [0.717, 1.165) is 10.9 Å². The molecule has 0 aliphatic rings. The minimum absolute atomic E-state index is 0.126. The van der Waals surface area contributed by atoms with Gasteiger partial charge in [-0.05, 0) is 32.2 Å². The molecule has 0 fully saturated rings. The fourth-order valence-corrected chi connectivity index (χ4v) is 3.24. The Morgan fingerprint density at radius 3 is 2.65 bits per heavy atom. The predicted molar refractivity (Wildman–Crippen MR) is 92.2 cm³/mol. The maximum Gasteiger partial charge on any atom is 0.284 e. The van der Waals surface area contributed by atoms with Crippen LogP contribution in [0.5, 0.6) is 0 Å². The molecule has 0 unspecified atom stereocenters. The molecule has 0 aliphatic heterocycles. The zero-order valence-electron chi connectivity index (χ0n) is 13.0. The van der Waals surface area contributed by atoms with Gasteiger partial charge in [-0.25, -0.2) is 15.0 Å². The van der Waals surface area contributed by atoms with E-state index in [4.69, 9.17) is 0 Å². The minimum atomic E-state index is -0.137. The van der Waals surface area contributed by atoms with Crippen LogP contribution in [0.1, 0.15) is 19.9 Å². The Bertz CT molecular complexity index is 1110. The van der Waals surface area contributed by atoms with Crippen LogP contribution < -0.4 is 5.56 Å². The molecule has 0 bridgehead atoms. The van der Waals surface area contributed by atoms with Crippen molar-refractivity contribution in [2.24, 2.45) is 0 Å². The molecule has 0 saturated heterocycles. The van der Waals surface area contributed by atoms with Crippen LogP contribution >= 0.6 is 11.8 Å². The van der Waals surface area contributed by atoms with Crippen LogP contribution in [0.2, 0.25) is 0 Å². The molecule has 3 aromatic heterocycles. The summed E-state index contributed by atoms with van der Waals surface area (Å²) >= 11 is 1.43. The zero-order valence-corrected chi connectivity index (χ0v) is 13.8. The van der Waals surface area contributed by atoms with E-state index >= 15 is 0 Å². The Kier molecular flexibility index (Phi) is 3.12. The monoisotopic (exact) mass is 325 g/mol. The highest BCUT2D eigenvalue weighted by Crippen LogP contribution is 2.24. The average Bonchev–Trinajstić information content (AvgIpc) is 2.89. The summed E-state index contributed by atoms with van der Waals surface area (Å²) in [7, 11) is 0. The van der Waals surface area contributed by atoms with Gasteiger partial charge in [0.2, 0.25) is 0 Å². The van der Waals surface area contributed by atoms with Crippen molar-refractivity contribution >= 4 is 39.3 Å². The van der Waals surface area contributed by atoms with Gasteiger partial charge >= 0.3 is 0 Å². The standard InChI is InChI=1S/C16H15N5OS/c1-9(2)20-12-7-5-4-6-10(12)14-18-13-11(15(22)21(14)20)8-17-16(19-13)23-3/h4-9H,1-3H3. The molecule has 7 heteroatoms. The van der Waals surface area contributed by atoms with Gasteiger partial charge in [0, 0.05) is 17.6 Å². The van der Waals surface area contributed by atoms with Crippen LogP contribution in [0.15, 0.2) is 40.4 Å². The van der Waals surface area contributed by atoms with E-state index in [1.807, 2.05) is 35.2 Å². The van der Waals surface area contributed by atoms with Gasteiger partial charge in [-0.1, -0.05) is 23.9 Å². The average molecular weight is 325 g/mol. The SMILES string of the molecule is CSc1ncc2c(=O)n3c(nc2n1)c1ccccc1n3C(C)C. The van der Waals surface area contributed by atoms with Crippen molar-refractivity contribution in [2.75, 3.05) is 6.26 Å². The summed E-state index contributed by atoms with van der Waals surface area (Å²) in [6.07, 6.45) is 3.47. The Balaban J connectivity index is 2.29. The lowest BCUT2D eigenvalue weighted by atomic mass is 10.2. The van der Waals surface area contributed by atoms with Gasteiger partial charge in [-0.3, -0.25) is 9.48 Å². The normalized spacial score (nSPS) is 12.0. The molecule has 1 aromatic carbocycles. The highest BCUT2D eigenvalue weighted by molar-refractivity contribution is 7.98. The number of benzene rings is 1. The third kappa shape index (κ3) is 1.96. The minimum Gasteiger partial charge on any atom is -0.273 e. The van der Waals surface area contributed by atoms with Crippen LogP contribution in [0.4, 0.5) is 0 Å². The van der Waals surface area contributed by atoms with Crippen LogP contribution in [-0.2, 0) is 0 Å². The van der Waals surface area contributed by atoms with Crippen LogP contribution in [0.25, 0.3) is 27.6 Å². The number of hydrogen-bond acceptors (Lipinski definition) is 5. The summed E-state index contributed by atoms with van der Waals surface area (Å²) in [4.78, 5) is 26.2. The lowest BCUT2D eigenvalue weighted by molar-refractivity contribution is 0.514. The number of aromatic nitrogens is 5. The zero-order chi connectivity index (χ0) is 16.1. The van der Waals surface area contributed by atoms with E-state index in [1.165, 1.54) is 11.8 Å². The van der Waals surface area contributed by atoms with Gasteiger partial charge in [-0.15, -0.1) is 0 Å². The first-order chi connectivity index (χ1) is 11.1. The molecule has 23 heavy (non-hydrogen) atoms. The molecule has 0 amide bonds. The first-order valence-electron chi connectivity index (χ1n) is 7.34. The molecular weight excluding hydrogens is 310 g/mol. The molecule has 3 heterocycles. The first-order valence-corrected chi connectivity index (χ1v) is 8.57. The van der Waals surface area contributed by atoms with E-state index in [0.29, 0.717) is 21.8 Å². The summed E-state index contributed by atoms with van der Waals surface area (Å²) in [6, 6.07) is 8.04. The van der Waals surface area contributed by atoms with Crippen molar-refractivity contribution in [3.8, 4) is 0 Å². The van der Waals surface area contributed by atoms with Gasteiger partial charge in [-0.2, -0.15) is 4.52 Å². The quantitative estimate of drug-likeness (QED) is 0.419. The second kappa shape index (κ2) is 5.06. The van der Waals surface area contributed by atoms with Crippen LogP contribution in [0.3, 0.4) is 0 Å². The van der Waals surface area contributed by atoms with Gasteiger partial charge in [0.15, 0.2) is 16.5 Å². The lowest BCUT2D eigenvalue weighted by Gasteiger charge is -2.11. The third-order valence-corrected chi connectivity index (χ3v) is 4.42. The topological polar surface area (TPSA) is 65.1 Å². The predicted octanol–water partition coefficient (Wildman–Crippen LogP) is 2.90. The highest BCUT2D eigenvalue weighted by atomic mass is 32.2. The fourth-order valence-electron chi connectivity index (χ4n) is 2.90. The summed E-state index contributed by atoms with van der Waals surface area (Å²) in [5.41, 5.74) is 1.93. The van der Waals surface area contributed by atoms with Crippen molar-refractivity contribution in [1.29, 1.82) is 0 Å². The van der Waals surface area contributed by atoms with Crippen molar-refractivity contribution in [3.63, 3.8) is 0 Å². The smallest absolute Gasteiger partial charge is 0.273 e. The summed E-state index contributed by atoms with van der Waals surface area (Å²) in [6.45, 7) is 4.10. The van der Waals surface area contributed by atoms with Crippen molar-refractivity contribution in [2.45, 2.75) is 25.0 Å². The second-order valence-electron chi connectivity index (χ2n) is 5.60. The maximum atomic E-state index is 13.0. The number of fused-ring (bicyclic) bond motifs is 4. The maximum absolute atomic E-state index is 13.0. The molecule has 0 atom stereocenters. The number of hydrogen-bond donors (Lipinski definition) is 0. The molecular formula is C16H15N5OS. The molecule has 116 valence electrons. The Hall–Kier alpha value is -2.41. The first kappa shape index (κ1) is 14.2. The van der Waals surface area contributed by atoms with Crippen LogP contribution in [0, 0.1) is 0 Å². The van der Waals surface area contributed by atoms with Gasteiger partial charge in [0.25, 0.3) is 5.56 Å². The number of thioether (sulfide) groups is 1. The van der Waals surface area contributed by atoms with Crippen molar-refractivity contribution in [3.05, 3.63) is 40.8 Å². The molecule has 4 rings (SSSR count). The van der Waals surface area contributed by atoms with E-state index in [9.17, 15) is 4.79 Å². The van der Waals surface area contributed by atoms with Crippen LogP contribution in [-0.4, -0.2) is 30.4 Å². The van der Waals surface area contributed by atoms with E-state index in [1.54, 1.807) is 10.7 Å². The Morgan fingerprint density at radius 2 is 1.91 bits per heavy atom. The second-order valence-corrected chi connectivity index (χ2v) is 6.38. The van der Waals surface area contributed by atoms with E-state index < -0.39 is 0 Å². The van der Waals surface area contributed by atoms with E-state index in [-0.39, 0.29) is 11.6 Å². The molecule has 0 saturated carbocycles. The number of rotatable bonds is 2. The van der Waals surface area contributed by atoms with Gasteiger partial charge < -0.3 is 0 Å². The molecule has 0 radical (unpaired) electrons. The molecule has 0 N–H and O–H groups in total. The molecule has 4 aromatic rings. The summed E-state index contributed by atoms with van der Waals surface area (Å²) < 4.78 is 3.61. The highest BCUT2D eigenvalue weighted by Gasteiger charge is 2.18. The lowest BCUT2D eigenvalue weighted by Crippen LogP contribution is -2.23. The van der Waals surface area contributed by atoms with Gasteiger partial charge in [0.1, 0.15) is 5.39 Å². The van der Waals surface area contributed by atoms with Gasteiger partial charge in [0.05, 0.1) is 5.52 Å². The van der Waals surface area contributed by atoms with Crippen molar-refractivity contribution in [1.82, 2.24) is 24.1 Å². The Morgan fingerprint density at radius 1 is 1.13 bits per heavy atom. The molecule has 0 spiro atoms. The number of nitrogens with zero attached hydrogens (tertiary/aromatic N) is 5. The van der Waals surface area contributed by atoms with E-state index in [2.05, 4.69) is 28.8 Å². The largest absolute Gasteiger partial charge is 0.284 e. The summed E-state index contributed by atoms with van der Waals surface area (Å²) in [5, 5.41) is 2.00. The molecule has 0 aliphatic carbocycles. The third-order valence-electron chi connectivity index (χ3n) is 3.86. The van der Waals surface area contributed by atoms with Crippen molar-refractivity contribution < 1.29 is 0 Å². The fraction of sp³-hybridized carbons (Fsp3) is 0.250.